The Morgan fingerprint density at radius 1 is 1.38 bits per heavy atom. The molecule has 0 fully saturated rings. The van der Waals surface area contributed by atoms with Gasteiger partial charge < -0.3 is 9.84 Å². The number of H-pyrrole nitrogens is 1. The summed E-state index contributed by atoms with van der Waals surface area (Å²) in [4.78, 5) is 14.4. The van der Waals surface area contributed by atoms with Crippen LogP contribution in [0.1, 0.15) is 15.9 Å². The number of hydrogen-bond acceptors (Lipinski definition) is 6. The topological polar surface area (TPSA) is 134 Å². The van der Waals surface area contributed by atoms with Crippen molar-refractivity contribution in [3.05, 3.63) is 35.4 Å². The standard InChI is InChI=1S/C11H12N4O5S/c1-20-11-12-10(13-14-11)15-21(18,19)6-7-2-4-8(5-3-7)9(16)17/h2-5H,6H2,1H3,(H,16,17)(H2,12,13,14,15). The largest absolute Gasteiger partial charge is 0.478 e. The lowest BCUT2D eigenvalue weighted by molar-refractivity contribution is 0.0697. The monoisotopic (exact) mass is 312 g/mol. The predicted molar refractivity (Wildman–Crippen MR) is 72.6 cm³/mol. The van der Waals surface area contributed by atoms with Crippen LogP contribution in [-0.4, -0.2) is 41.8 Å². The van der Waals surface area contributed by atoms with Gasteiger partial charge in [0.1, 0.15) is 0 Å². The number of aromatic amines is 1. The van der Waals surface area contributed by atoms with Gasteiger partial charge in [-0.1, -0.05) is 12.1 Å². The van der Waals surface area contributed by atoms with Gasteiger partial charge in [0.2, 0.25) is 16.0 Å². The zero-order valence-corrected chi connectivity index (χ0v) is 11.7. The van der Waals surface area contributed by atoms with E-state index >= 15 is 0 Å². The van der Waals surface area contributed by atoms with Gasteiger partial charge in [0.25, 0.3) is 0 Å². The number of hydrogen-bond donors (Lipinski definition) is 3. The highest BCUT2D eigenvalue weighted by molar-refractivity contribution is 7.91. The molecule has 0 saturated heterocycles. The van der Waals surface area contributed by atoms with Crippen LogP contribution in [0.4, 0.5) is 5.95 Å². The van der Waals surface area contributed by atoms with Crippen molar-refractivity contribution in [2.75, 3.05) is 11.8 Å². The number of ether oxygens (including phenoxy) is 1. The Labute approximate surface area is 120 Å². The van der Waals surface area contributed by atoms with Crippen molar-refractivity contribution < 1.29 is 23.1 Å². The van der Waals surface area contributed by atoms with Crippen LogP contribution in [0.15, 0.2) is 24.3 Å². The molecule has 0 aliphatic heterocycles. The Morgan fingerprint density at radius 2 is 2.05 bits per heavy atom. The number of carboxylic acid groups (broad SMARTS) is 1. The summed E-state index contributed by atoms with van der Waals surface area (Å²) in [6.07, 6.45) is 0. The van der Waals surface area contributed by atoms with Crippen LogP contribution in [0.3, 0.4) is 0 Å². The molecule has 0 bridgehead atoms. The Hall–Kier alpha value is -2.62. The van der Waals surface area contributed by atoms with Gasteiger partial charge in [-0.3, -0.25) is 4.72 Å². The van der Waals surface area contributed by atoms with Crippen molar-refractivity contribution in [3.63, 3.8) is 0 Å². The summed E-state index contributed by atoms with van der Waals surface area (Å²) in [5.74, 6) is -1.46. The van der Waals surface area contributed by atoms with E-state index in [2.05, 4.69) is 19.9 Å². The molecule has 0 unspecified atom stereocenters. The Kier molecular flexibility index (Phi) is 4.08. The number of sulfonamides is 1. The number of aromatic carboxylic acids is 1. The second kappa shape index (κ2) is 5.79. The molecule has 2 aromatic rings. The molecular weight excluding hydrogens is 300 g/mol. The molecule has 0 aliphatic rings. The van der Waals surface area contributed by atoms with Gasteiger partial charge in [0, 0.05) is 0 Å². The van der Waals surface area contributed by atoms with Gasteiger partial charge in [-0.15, -0.1) is 5.10 Å². The highest BCUT2D eigenvalue weighted by Crippen LogP contribution is 2.12. The second-order valence-electron chi connectivity index (χ2n) is 4.03. The maximum atomic E-state index is 11.9. The van der Waals surface area contributed by atoms with E-state index < -0.39 is 16.0 Å². The summed E-state index contributed by atoms with van der Waals surface area (Å²) in [6.45, 7) is 0. The fourth-order valence-corrected chi connectivity index (χ4v) is 2.62. The highest BCUT2D eigenvalue weighted by atomic mass is 32.2. The smallest absolute Gasteiger partial charge is 0.336 e. The third-order valence-corrected chi connectivity index (χ3v) is 3.67. The average Bonchev–Trinajstić information content (AvgIpc) is 2.85. The number of rotatable bonds is 6. The number of carbonyl (C=O) groups is 1. The molecule has 0 atom stereocenters. The van der Waals surface area contributed by atoms with E-state index in [-0.39, 0.29) is 23.3 Å². The van der Waals surface area contributed by atoms with Crippen LogP contribution in [-0.2, 0) is 15.8 Å². The number of nitrogens with zero attached hydrogens (tertiary/aromatic N) is 2. The molecule has 2 rings (SSSR count). The lowest BCUT2D eigenvalue weighted by Crippen LogP contribution is -2.16. The van der Waals surface area contributed by atoms with Crippen LogP contribution in [0.25, 0.3) is 0 Å². The van der Waals surface area contributed by atoms with Crippen LogP contribution in [0.5, 0.6) is 6.01 Å². The van der Waals surface area contributed by atoms with Crippen LogP contribution < -0.4 is 9.46 Å². The normalized spacial score (nSPS) is 11.1. The van der Waals surface area contributed by atoms with Crippen LogP contribution in [0.2, 0.25) is 0 Å². The first-order chi connectivity index (χ1) is 9.89. The fraction of sp³-hybridized carbons (Fsp3) is 0.182. The van der Waals surface area contributed by atoms with Crippen molar-refractivity contribution >= 4 is 21.9 Å². The van der Waals surface area contributed by atoms with Crippen molar-refractivity contribution in [2.45, 2.75) is 5.75 Å². The third-order valence-electron chi connectivity index (χ3n) is 2.46. The molecule has 9 nitrogen and oxygen atoms in total. The number of nitrogens with one attached hydrogen (secondary N) is 2. The van der Waals surface area contributed by atoms with Gasteiger partial charge in [0.05, 0.1) is 18.4 Å². The zero-order valence-electron chi connectivity index (χ0n) is 10.9. The highest BCUT2D eigenvalue weighted by Gasteiger charge is 2.15. The number of anilines is 1. The summed E-state index contributed by atoms with van der Waals surface area (Å²) in [5, 5.41) is 14.7. The molecule has 0 aliphatic carbocycles. The van der Waals surface area contributed by atoms with Crippen molar-refractivity contribution in [1.29, 1.82) is 0 Å². The molecule has 0 amide bonds. The van der Waals surface area contributed by atoms with E-state index in [0.29, 0.717) is 5.56 Å². The van der Waals surface area contributed by atoms with Gasteiger partial charge in [-0.05, 0) is 17.7 Å². The minimum atomic E-state index is -3.70. The predicted octanol–water partition coefficient (Wildman–Crippen LogP) is 0.453. The van der Waals surface area contributed by atoms with Crippen molar-refractivity contribution in [3.8, 4) is 6.01 Å². The van der Waals surface area contributed by atoms with E-state index in [1.165, 1.54) is 31.4 Å². The van der Waals surface area contributed by atoms with E-state index in [1.807, 2.05) is 0 Å². The molecule has 21 heavy (non-hydrogen) atoms. The molecule has 112 valence electrons. The SMILES string of the molecule is COc1n[nH]c(NS(=O)(=O)Cc2ccc(C(=O)O)cc2)n1. The molecule has 3 N–H and O–H groups in total. The van der Waals surface area contributed by atoms with Crippen LogP contribution >= 0.6 is 0 Å². The quantitative estimate of drug-likeness (QED) is 0.705. The fourth-order valence-electron chi connectivity index (χ4n) is 1.53. The van der Waals surface area contributed by atoms with Crippen molar-refractivity contribution in [2.24, 2.45) is 0 Å². The Balaban J connectivity index is 2.08. The average molecular weight is 312 g/mol. The minimum Gasteiger partial charge on any atom is -0.478 e. The number of aromatic nitrogens is 3. The first kappa shape index (κ1) is 14.8. The molecule has 1 aromatic carbocycles. The third kappa shape index (κ3) is 3.92. The van der Waals surface area contributed by atoms with E-state index in [9.17, 15) is 13.2 Å². The molecular formula is C11H12N4O5S. The maximum Gasteiger partial charge on any atom is 0.336 e. The van der Waals surface area contributed by atoms with Gasteiger partial charge in [0.15, 0.2) is 0 Å². The van der Waals surface area contributed by atoms with Gasteiger partial charge in [-0.25, -0.2) is 18.3 Å². The minimum absolute atomic E-state index is 0.0125. The summed E-state index contributed by atoms with van der Waals surface area (Å²) in [6, 6.07) is 5.56. The lowest BCUT2D eigenvalue weighted by Gasteiger charge is -2.05. The molecule has 1 heterocycles. The number of methoxy groups -OCH3 is 1. The molecule has 0 saturated carbocycles. The maximum absolute atomic E-state index is 11.9. The van der Waals surface area contributed by atoms with E-state index in [4.69, 9.17) is 9.84 Å². The van der Waals surface area contributed by atoms with E-state index in [0.717, 1.165) is 0 Å². The van der Waals surface area contributed by atoms with Crippen molar-refractivity contribution in [1.82, 2.24) is 15.2 Å². The van der Waals surface area contributed by atoms with Gasteiger partial charge in [-0.2, -0.15) is 4.98 Å². The summed E-state index contributed by atoms with van der Waals surface area (Å²) in [7, 11) is -2.35. The molecule has 0 spiro atoms. The summed E-state index contributed by atoms with van der Waals surface area (Å²) < 4.78 is 30.8. The molecule has 1 aromatic heterocycles. The lowest BCUT2D eigenvalue weighted by atomic mass is 10.1. The first-order valence-electron chi connectivity index (χ1n) is 5.69. The van der Waals surface area contributed by atoms with Gasteiger partial charge >= 0.3 is 12.0 Å². The van der Waals surface area contributed by atoms with E-state index in [1.54, 1.807) is 0 Å². The summed E-state index contributed by atoms with van der Waals surface area (Å²) in [5.41, 5.74) is 0.531. The second-order valence-corrected chi connectivity index (χ2v) is 5.76. The Morgan fingerprint density at radius 3 is 2.57 bits per heavy atom. The molecule has 0 radical (unpaired) electrons. The summed E-state index contributed by atoms with van der Waals surface area (Å²) >= 11 is 0. The first-order valence-corrected chi connectivity index (χ1v) is 7.34. The van der Waals surface area contributed by atoms with Crippen LogP contribution in [0, 0.1) is 0 Å². The number of benzene rings is 1. The zero-order chi connectivity index (χ0) is 15.5. The Bertz CT molecular complexity index is 738. The molecule has 10 heteroatoms. The number of carboxylic acids is 1.